The summed E-state index contributed by atoms with van der Waals surface area (Å²) in [4.78, 5) is 53.1. The molecule has 10 nitrogen and oxygen atoms in total. The Kier molecular flexibility index (Phi) is 7.76. The third-order valence-corrected chi connectivity index (χ3v) is 9.56. The summed E-state index contributed by atoms with van der Waals surface area (Å²) in [5.74, 6) is 1.04. The van der Waals surface area contributed by atoms with Crippen LogP contribution in [0.2, 0.25) is 0 Å². The standard InChI is InChI=1S/C30H30N6O4S2/c1-18-17-24(38)36(30(18)39)33-28-25-19(2)26(42-29(25)32-27(31-28)23-5-4-16-41-23)21-6-8-22(9-7-21)40-15-14-34-10-12-35(13-11-34)20(3)37/h4-9,16-17H,10-15H2,1-3H3,(H,31,32,33). The molecule has 0 radical (unpaired) electrons. The third-order valence-electron chi connectivity index (χ3n) is 7.46. The van der Waals surface area contributed by atoms with Crippen LogP contribution in [0.25, 0.3) is 31.4 Å². The molecule has 0 saturated carbocycles. The fourth-order valence-corrected chi connectivity index (χ4v) is 6.94. The van der Waals surface area contributed by atoms with Gasteiger partial charge in [0.15, 0.2) is 11.6 Å². The number of hydrogen-bond acceptors (Lipinski definition) is 10. The van der Waals surface area contributed by atoms with Gasteiger partial charge in [-0.15, -0.1) is 22.7 Å². The molecule has 42 heavy (non-hydrogen) atoms. The average molecular weight is 603 g/mol. The topological polar surface area (TPSA) is 108 Å². The smallest absolute Gasteiger partial charge is 0.275 e. The van der Waals surface area contributed by atoms with E-state index in [9.17, 15) is 14.4 Å². The Balaban J connectivity index is 1.22. The summed E-state index contributed by atoms with van der Waals surface area (Å²) in [6.07, 6.45) is 1.32. The molecule has 12 heteroatoms. The normalized spacial score (nSPS) is 15.9. The van der Waals surface area contributed by atoms with E-state index in [1.807, 2.05) is 53.6 Å². The van der Waals surface area contributed by atoms with Gasteiger partial charge in [0.05, 0.1) is 10.3 Å². The van der Waals surface area contributed by atoms with Crippen LogP contribution in [0.4, 0.5) is 5.82 Å². The van der Waals surface area contributed by atoms with Gasteiger partial charge in [0.2, 0.25) is 5.91 Å². The maximum absolute atomic E-state index is 12.6. The molecule has 4 aromatic rings. The van der Waals surface area contributed by atoms with E-state index in [0.29, 0.717) is 23.8 Å². The number of piperazine rings is 1. The molecule has 5 heterocycles. The number of fused-ring (bicyclic) bond motifs is 1. The van der Waals surface area contributed by atoms with Crippen LogP contribution in [0.3, 0.4) is 0 Å². The monoisotopic (exact) mass is 602 g/mol. The number of ether oxygens (including phenoxy) is 1. The van der Waals surface area contributed by atoms with Crippen molar-refractivity contribution in [2.45, 2.75) is 20.8 Å². The molecule has 1 aromatic carbocycles. The molecule has 3 amide bonds. The van der Waals surface area contributed by atoms with E-state index >= 15 is 0 Å². The lowest BCUT2D eigenvalue weighted by Crippen LogP contribution is -2.48. The number of hydrogen-bond donors (Lipinski definition) is 1. The maximum atomic E-state index is 12.6. The van der Waals surface area contributed by atoms with Crippen LogP contribution in [-0.4, -0.2) is 81.8 Å². The molecule has 3 aromatic heterocycles. The van der Waals surface area contributed by atoms with Crippen molar-refractivity contribution in [1.29, 1.82) is 0 Å². The van der Waals surface area contributed by atoms with Crippen molar-refractivity contribution in [3.8, 4) is 26.9 Å². The molecule has 0 spiro atoms. The molecule has 0 atom stereocenters. The van der Waals surface area contributed by atoms with Gasteiger partial charge in [0, 0.05) is 56.2 Å². The molecule has 2 aliphatic heterocycles. The second kappa shape index (κ2) is 11.6. The summed E-state index contributed by atoms with van der Waals surface area (Å²) in [6.45, 7) is 9.85. The number of carbonyl (C=O) groups excluding carboxylic acids is 3. The first-order valence-corrected chi connectivity index (χ1v) is 15.4. The van der Waals surface area contributed by atoms with Crippen LogP contribution in [0.1, 0.15) is 19.4 Å². The number of thiophene rings is 2. The molecular weight excluding hydrogens is 573 g/mol. The zero-order chi connectivity index (χ0) is 29.4. The van der Waals surface area contributed by atoms with Gasteiger partial charge in [-0.1, -0.05) is 6.07 Å². The summed E-state index contributed by atoms with van der Waals surface area (Å²) >= 11 is 3.07. The highest BCUT2D eigenvalue weighted by Crippen LogP contribution is 2.42. The quantitative estimate of drug-likeness (QED) is 0.292. The Labute approximate surface area is 251 Å². The Hall–Kier alpha value is -4.13. The summed E-state index contributed by atoms with van der Waals surface area (Å²) in [6, 6.07) is 11.9. The number of benzene rings is 1. The van der Waals surface area contributed by atoms with Gasteiger partial charge in [-0.2, -0.15) is 5.01 Å². The zero-order valence-corrected chi connectivity index (χ0v) is 25.2. The second-order valence-electron chi connectivity index (χ2n) is 10.2. The summed E-state index contributed by atoms with van der Waals surface area (Å²) < 4.78 is 6.02. The molecule has 1 fully saturated rings. The van der Waals surface area contributed by atoms with E-state index < -0.39 is 11.8 Å². The highest BCUT2D eigenvalue weighted by molar-refractivity contribution is 7.22. The molecule has 1 N–H and O–H groups in total. The summed E-state index contributed by atoms with van der Waals surface area (Å²) in [5, 5.41) is 3.73. The van der Waals surface area contributed by atoms with Crippen LogP contribution in [-0.2, 0) is 14.4 Å². The number of amides is 3. The Morgan fingerprint density at radius 1 is 1.05 bits per heavy atom. The van der Waals surface area contributed by atoms with Crippen molar-refractivity contribution in [2.75, 3.05) is 44.8 Å². The highest BCUT2D eigenvalue weighted by atomic mass is 32.1. The van der Waals surface area contributed by atoms with Gasteiger partial charge in [-0.3, -0.25) is 24.7 Å². The summed E-state index contributed by atoms with van der Waals surface area (Å²) in [5.41, 5.74) is 5.33. The minimum atomic E-state index is -0.427. The average Bonchev–Trinajstić information content (AvgIpc) is 3.70. The number of nitrogens with one attached hydrogen (secondary N) is 1. The number of rotatable bonds is 8. The first-order chi connectivity index (χ1) is 20.3. The van der Waals surface area contributed by atoms with Gasteiger partial charge in [-0.05, 0) is 60.7 Å². The largest absolute Gasteiger partial charge is 0.492 e. The molecule has 1 saturated heterocycles. The van der Waals surface area contributed by atoms with Crippen LogP contribution >= 0.6 is 22.7 Å². The van der Waals surface area contributed by atoms with E-state index in [1.165, 1.54) is 17.4 Å². The predicted molar refractivity (Wildman–Crippen MR) is 164 cm³/mol. The lowest BCUT2D eigenvalue weighted by Gasteiger charge is -2.34. The number of imide groups is 1. The molecule has 2 aliphatic rings. The fraction of sp³-hybridized carbons (Fsp3) is 0.300. The Morgan fingerprint density at radius 3 is 2.45 bits per heavy atom. The molecule has 0 aliphatic carbocycles. The van der Waals surface area contributed by atoms with Crippen LogP contribution < -0.4 is 10.2 Å². The van der Waals surface area contributed by atoms with E-state index in [1.54, 1.807) is 25.2 Å². The first-order valence-electron chi connectivity index (χ1n) is 13.7. The predicted octanol–water partition coefficient (Wildman–Crippen LogP) is 4.58. The van der Waals surface area contributed by atoms with Crippen LogP contribution in [0, 0.1) is 6.92 Å². The van der Waals surface area contributed by atoms with Gasteiger partial charge in [-0.25, -0.2) is 9.97 Å². The van der Waals surface area contributed by atoms with Crippen LogP contribution in [0.15, 0.2) is 53.4 Å². The number of aromatic nitrogens is 2. The number of aryl methyl sites for hydroxylation is 1. The van der Waals surface area contributed by atoms with E-state index in [2.05, 4.69) is 10.3 Å². The molecule has 6 rings (SSSR count). The zero-order valence-electron chi connectivity index (χ0n) is 23.5. The Bertz CT molecular complexity index is 1690. The lowest BCUT2D eigenvalue weighted by molar-refractivity contribution is -0.135. The molecule has 0 unspecified atom stereocenters. The minimum absolute atomic E-state index is 0.131. The minimum Gasteiger partial charge on any atom is -0.492 e. The SMILES string of the molecule is CC(=O)N1CCN(CCOc2ccc(-c3sc4nc(-c5cccs5)nc(NN5C(=O)C=C(C)C5=O)c4c3C)cc2)CC1. The van der Waals surface area contributed by atoms with Gasteiger partial charge < -0.3 is 9.64 Å². The second-order valence-corrected chi connectivity index (χ2v) is 12.2. The van der Waals surface area contributed by atoms with E-state index in [-0.39, 0.29) is 5.91 Å². The number of carbonyl (C=O) groups is 3. The molecular formula is C30H30N6O4S2. The van der Waals surface area contributed by atoms with Gasteiger partial charge >= 0.3 is 0 Å². The van der Waals surface area contributed by atoms with E-state index in [0.717, 1.165) is 74.6 Å². The van der Waals surface area contributed by atoms with Crippen molar-refractivity contribution in [2.24, 2.45) is 0 Å². The number of anilines is 1. The maximum Gasteiger partial charge on any atom is 0.275 e. The Morgan fingerprint density at radius 2 is 1.81 bits per heavy atom. The van der Waals surface area contributed by atoms with Crippen molar-refractivity contribution >= 4 is 56.4 Å². The van der Waals surface area contributed by atoms with Gasteiger partial charge in [0.1, 0.15) is 17.2 Å². The summed E-state index contributed by atoms with van der Waals surface area (Å²) in [7, 11) is 0. The van der Waals surface area contributed by atoms with Crippen LogP contribution in [0.5, 0.6) is 5.75 Å². The first kappa shape index (κ1) is 28.0. The van der Waals surface area contributed by atoms with Gasteiger partial charge in [0.25, 0.3) is 11.8 Å². The third kappa shape index (κ3) is 5.52. The van der Waals surface area contributed by atoms with Crippen molar-refractivity contribution in [3.63, 3.8) is 0 Å². The van der Waals surface area contributed by atoms with Crippen molar-refractivity contribution in [3.05, 3.63) is 59.0 Å². The molecule has 216 valence electrons. The fourth-order valence-electron chi connectivity index (χ4n) is 5.09. The van der Waals surface area contributed by atoms with Crippen molar-refractivity contribution < 1.29 is 19.1 Å². The lowest BCUT2D eigenvalue weighted by atomic mass is 10.1. The van der Waals surface area contributed by atoms with Crippen molar-refractivity contribution in [1.82, 2.24) is 24.8 Å². The number of hydrazine groups is 1. The number of nitrogens with zero attached hydrogens (tertiary/aromatic N) is 5. The molecule has 0 bridgehead atoms. The highest BCUT2D eigenvalue weighted by Gasteiger charge is 2.30. The van der Waals surface area contributed by atoms with E-state index in [4.69, 9.17) is 14.7 Å².